The van der Waals surface area contributed by atoms with Gasteiger partial charge in [0.2, 0.25) is 0 Å². The summed E-state index contributed by atoms with van der Waals surface area (Å²) in [4.78, 5) is 18.0. The van der Waals surface area contributed by atoms with Crippen LogP contribution < -0.4 is 21.3 Å². The van der Waals surface area contributed by atoms with Crippen LogP contribution in [-0.2, 0) is 29.8 Å². The number of ether oxygens (including phenoxy) is 1. The number of fused-ring (bicyclic) bond motifs is 9. The minimum absolute atomic E-state index is 0.00538. The molecule has 344 valence electrons. The normalized spacial score (nSPS) is 23.4. The van der Waals surface area contributed by atoms with E-state index in [1.54, 1.807) is 58.1 Å². The number of hydrogen-bond donors (Lipinski definition) is 5. The number of benzene rings is 4. The number of phenolic OH excluding ortho intramolecular Hbond substituents is 2. The minimum Gasteiger partial charge on any atom is -0.875 e. The molecule has 5 atom stereocenters. The molecular weight excluding hydrogens is 863 g/mol. The third kappa shape index (κ3) is 11.7. The molecule has 0 unspecified atom stereocenters. The highest BCUT2D eigenvalue weighted by Crippen LogP contribution is 2.50. The number of nitrogens with two attached hydrogens (primary N) is 2. The van der Waals surface area contributed by atoms with Gasteiger partial charge in [-0.3, -0.25) is 9.79 Å². The average molecular weight is 923 g/mol. The van der Waals surface area contributed by atoms with Crippen LogP contribution in [0.1, 0.15) is 115 Å². The van der Waals surface area contributed by atoms with Gasteiger partial charge in [-0.05, 0) is 144 Å². The number of nitrogens with zero attached hydrogens (tertiary/aromatic N) is 1. The molecule has 9 nitrogen and oxygen atoms in total. The zero-order valence-electron chi connectivity index (χ0n) is 37.6. The lowest BCUT2D eigenvalue weighted by Gasteiger charge is -2.28. The van der Waals surface area contributed by atoms with Crippen LogP contribution in [0.5, 0.6) is 17.2 Å². The number of aliphatic imine (C=N–C) groups is 1. The van der Waals surface area contributed by atoms with E-state index in [9.17, 15) is 25.2 Å². The van der Waals surface area contributed by atoms with Crippen LogP contribution in [0.2, 0.25) is 0 Å². The Morgan fingerprint density at radius 2 is 1.73 bits per heavy atom. The summed E-state index contributed by atoms with van der Waals surface area (Å²) >= 11 is 0. The Balaban J connectivity index is 1.12. The largest absolute Gasteiger partial charge is 0.875 e. The van der Waals surface area contributed by atoms with E-state index in [-0.39, 0.29) is 47.4 Å². The van der Waals surface area contributed by atoms with E-state index in [4.69, 9.17) is 16.2 Å². The first kappa shape index (κ1) is 47.3. The minimum atomic E-state index is -0.786. The van der Waals surface area contributed by atoms with Crippen molar-refractivity contribution in [2.75, 3.05) is 12.4 Å². The van der Waals surface area contributed by atoms with Crippen molar-refractivity contribution in [3.63, 3.8) is 0 Å². The number of carbonyl (C=O) groups is 1. The third-order valence-corrected chi connectivity index (χ3v) is 16.2. The van der Waals surface area contributed by atoms with Crippen LogP contribution in [0.3, 0.4) is 0 Å². The number of aromatic hydroxyl groups is 2. The first-order valence-electron chi connectivity index (χ1n) is 23.2. The molecule has 0 aromatic heterocycles. The van der Waals surface area contributed by atoms with Crippen LogP contribution in [0, 0.1) is 29.1 Å². The fraction of sp³-hybridized carbons (Fsp3) is 0.382. The zero-order chi connectivity index (χ0) is 46.2. The number of carbonyl (C=O) groups excluding carboxylic acids is 1. The summed E-state index contributed by atoms with van der Waals surface area (Å²) in [5.41, 5.74) is 20.6. The molecule has 1 saturated carbocycles. The average Bonchev–Trinajstić information content (AvgIpc) is 3.92. The van der Waals surface area contributed by atoms with E-state index in [0.29, 0.717) is 71.9 Å². The molecule has 0 amide bonds. The first-order valence-corrected chi connectivity index (χ1v) is 25.7. The summed E-state index contributed by atoms with van der Waals surface area (Å²) in [7, 11) is 3.39. The van der Waals surface area contributed by atoms with Crippen molar-refractivity contribution in [3.05, 3.63) is 159 Å². The Hall–Kier alpha value is -5.22. The molecular formula is C55H60N3O6S2-. The van der Waals surface area contributed by atoms with Crippen molar-refractivity contribution in [2.24, 2.45) is 33.7 Å². The molecule has 4 aromatic carbocycles. The fourth-order valence-electron chi connectivity index (χ4n) is 9.84. The van der Waals surface area contributed by atoms with Crippen molar-refractivity contribution in [1.29, 1.82) is 0 Å². The number of aliphatic hydroxyl groups excluding tert-OH is 1. The highest BCUT2D eigenvalue weighted by molar-refractivity contribution is 8.76. The van der Waals surface area contributed by atoms with E-state index in [1.165, 1.54) is 5.56 Å². The molecule has 0 radical (unpaired) electrons. The van der Waals surface area contributed by atoms with Crippen LogP contribution in [0.15, 0.2) is 120 Å². The maximum atomic E-state index is 14.2. The van der Waals surface area contributed by atoms with Gasteiger partial charge in [0.1, 0.15) is 5.75 Å². The maximum absolute atomic E-state index is 14.2. The van der Waals surface area contributed by atoms with E-state index in [0.717, 1.165) is 65.7 Å². The van der Waals surface area contributed by atoms with Gasteiger partial charge in [0.15, 0.2) is 17.3 Å². The summed E-state index contributed by atoms with van der Waals surface area (Å²) in [6.07, 6.45) is 12.9. The highest BCUT2D eigenvalue weighted by atomic mass is 33.1. The van der Waals surface area contributed by atoms with Crippen molar-refractivity contribution in [2.45, 2.75) is 101 Å². The van der Waals surface area contributed by atoms with Gasteiger partial charge in [-0.15, -0.1) is 5.76 Å². The number of hydrogen-bond acceptors (Lipinski definition) is 11. The molecule has 7 N–H and O–H groups in total. The number of aryl methyl sites for hydroxylation is 2. The number of allylic oxidation sites excluding steroid dienone is 5. The van der Waals surface area contributed by atoms with Crippen LogP contribution >= 0.6 is 21.6 Å². The Morgan fingerprint density at radius 3 is 2.55 bits per heavy atom. The van der Waals surface area contributed by atoms with E-state index in [1.807, 2.05) is 30.3 Å². The zero-order valence-corrected chi connectivity index (χ0v) is 39.2. The van der Waals surface area contributed by atoms with Gasteiger partial charge in [0.25, 0.3) is 0 Å². The van der Waals surface area contributed by atoms with Crippen LogP contribution in [-0.4, -0.2) is 45.3 Å². The molecule has 8 rings (SSSR count). The second kappa shape index (κ2) is 21.6. The Bertz CT molecular complexity index is 2590. The molecule has 4 aliphatic rings. The van der Waals surface area contributed by atoms with Crippen LogP contribution in [0.4, 0.5) is 0 Å². The molecule has 8 bridgehead atoms. The maximum Gasteiger partial charge on any atom is 0.161 e. The number of ketones is 1. The lowest BCUT2D eigenvalue weighted by molar-refractivity contribution is -0.307. The third-order valence-electron chi connectivity index (χ3n) is 13.7. The SMILES string of the molecule is C[C@H](CCc1ccccc1)CC[C@@]12/C=C/C(=O)CCc3ccc(O)c(c3)OCCc3ccc(O)c(c3)[C@@H]3CC([O-])=C4C=CN=C4CC#Cc4cc(C(N)N)c(cc43)CSSC[C@H](C1)[C@@H](O)C2. The Morgan fingerprint density at radius 1 is 0.924 bits per heavy atom. The summed E-state index contributed by atoms with van der Waals surface area (Å²) < 4.78 is 6.15. The van der Waals surface area contributed by atoms with Gasteiger partial charge in [0, 0.05) is 47.6 Å². The van der Waals surface area contributed by atoms with Gasteiger partial charge in [-0.1, -0.05) is 101 Å². The van der Waals surface area contributed by atoms with E-state index in [2.05, 4.69) is 60.2 Å². The molecule has 0 spiro atoms. The second-order valence-corrected chi connectivity index (χ2v) is 21.0. The number of rotatable bonds is 7. The molecule has 4 aromatic rings. The first-order chi connectivity index (χ1) is 31.9. The summed E-state index contributed by atoms with van der Waals surface area (Å²) in [5, 5.41) is 48.2. The van der Waals surface area contributed by atoms with Gasteiger partial charge >= 0.3 is 0 Å². The van der Waals surface area contributed by atoms with Crippen molar-refractivity contribution in [3.8, 4) is 29.1 Å². The van der Waals surface area contributed by atoms with E-state index < -0.39 is 18.2 Å². The second-order valence-electron chi connectivity index (χ2n) is 18.5. The standard InChI is InChI=1S/C55H61N3O6S2/c1-35(10-11-36-6-3-2-4-7-36)18-22-55-23-19-42(59)15-12-37-14-17-50(61)53(27-37)64-25-21-38-13-16-49(60)47(26-38)46-30-51(62)43-20-24-58-48(43)9-5-8-39-28-45(54(56)57)40(29-44(39)46)33-65-66-34-41(31-55)52(63)32-55/h2-4,6-7,13-14,16-17,19-20,23-24,26-29,35,41,46,52,54,60-63H,9-12,15,18,21-22,25,30-34,56-57H2,1H3/p-1/b23-19+,51-43?/t35-,41+,46-,52+,55-/m1/s1. The van der Waals surface area contributed by atoms with Crippen LogP contribution in [0.25, 0.3) is 0 Å². The molecule has 2 heterocycles. The molecule has 2 aliphatic heterocycles. The van der Waals surface area contributed by atoms with Gasteiger partial charge in [-0.25, -0.2) is 0 Å². The molecule has 11 heteroatoms. The lowest BCUT2D eigenvalue weighted by atomic mass is 9.77. The summed E-state index contributed by atoms with van der Waals surface area (Å²) in [6, 6.07) is 25.2. The molecule has 1 fully saturated rings. The van der Waals surface area contributed by atoms with Crippen molar-refractivity contribution >= 4 is 33.1 Å². The topological polar surface area (TPSA) is 174 Å². The summed E-state index contributed by atoms with van der Waals surface area (Å²) in [5.74, 6) is 8.15. The monoisotopic (exact) mass is 922 g/mol. The molecule has 66 heavy (non-hydrogen) atoms. The molecule has 0 saturated heterocycles. The predicted octanol–water partition coefficient (Wildman–Crippen LogP) is 9.25. The summed E-state index contributed by atoms with van der Waals surface area (Å²) in [6.45, 7) is 2.53. The van der Waals surface area contributed by atoms with Gasteiger partial charge in [0.05, 0.1) is 31.0 Å². The molecule has 2 aliphatic carbocycles. The van der Waals surface area contributed by atoms with Crippen molar-refractivity contribution in [1.82, 2.24) is 0 Å². The van der Waals surface area contributed by atoms with Gasteiger partial charge in [-0.2, -0.15) is 0 Å². The van der Waals surface area contributed by atoms with Crippen molar-refractivity contribution < 1.29 is 30.0 Å². The Labute approximate surface area is 396 Å². The predicted molar refractivity (Wildman–Crippen MR) is 265 cm³/mol. The Kier molecular flexibility index (Phi) is 15.5. The highest BCUT2D eigenvalue weighted by Gasteiger charge is 2.43. The number of aliphatic hydroxyl groups is 1. The van der Waals surface area contributed by atoms with E-state index >= 15 is 0 Å². The number of phenols is 2. The lowest BCUT2D eigenvalue weighted by Crippen LogP contribution is -2.23. The van der Waals surface area contributed by atoms with Gasteiger partial charge < -0.3 is 36.6 Å². The fourth-order valence-corrected chi connectivity index (χ4v) is 12.4. The quantitative estimate of drug-likeness (QED) is 0.0683. The smallest absolute Gasteiger partial charge is 0.161 e.